The van der Waals surface area contributed by atoms with E-state index in [0.29, 0.717) is 12.4 Å². The molecule has 0 fully saturated rings. The summed E-state index contributed by atoms with van der Waals surface area (Å²) in [5.74, 6) is 1.27. The van der Waals surface area contributed by atoms with Crippen molar-refractivity contribution in [2.75, 3.05) is 6.54 Å². The molecule has 0 spiro atoms. The molecule has 6 heteroatoms. The molecule has 1 aliphatic heterocycles. The zero-order valence-electron chi connectivity index (χ0n) is 16.7. The molecule has 5 rings (SSSR count). The number of ether oxygens (including phenoxy) is 1. The third-order valence-electron chi connectivity index (χ3n) is 5.07. The van der Waals surface area contributed by atoms with Crippen molar-refractivity contribution in [2.24, 2.45) is 0 Å². The Balaban J connectivity index is 1.31. The number of hydrogen-bond acceptors (Lipinski definition) is 4. The van der Waals surface area contributed by atoms with E-state index in [9.17, 15) is 4.79 Å². The van der Waals surface area contributed by atoms with Gasteiger partial charge in [-0.3, -0.25) is 9.78 Å². The summed E-state index contributed by atoms with van der Waals surface area (Å²) in [4.78, 5) is 24.2. The lowest BCUT2D eigenvalue weighted by atomic mass is 10.1. The number of nitrogens with one attached hydrogen (secondary N) is 2. The van der Waals surface area contributed by atoms with Crippen LogP contribution in [-0.2, 0) is 6.42 Å². The van der Waals surface area contributed by atoms with Gasteiger partial charge in [0.2, 0.25) is 5.88 Å². The SMILES string of the molecule is O=C1NCCc2[nH]c(-c3ccnc(/C=C/c4ccc(Oc5ccccc5)nc4)c3)cc21. The molecule has 1 aliphatic rings. The molecule has 0 bridgehead atoms. The summed E-state index contributed by atoms with van der Waals surface area (Å²) in [6.07, 6.45) is 8.24. The van der Waals surface area contributed by atoms with E-state index in [4.69, 9.17) is 4.74 Å². The molecule has 0 aliphatic carbocycles. The first-order chi connectivity index (χ1) is 15.2. The second-order valence-electron chi connectivity index (χ2n) is 7.23. The van der Waals surface area contributed by atoms with Crippen LogP contribution in [0.15, 0.2) is 73.1 Å². The van der Waals surface area contributed by atoms with Crippen molar-refractivity contribution in [1.82, 2.24) is 20.3 Å². The molecule has 152 valence electrons. The second-order valence-corrected chi connectivity index (χ2v) is 7.23. The van der Waals surface area contributed by atoms with Gasteiger partial charge in [-0.2, -0.15) is 0 Å². The lowest BCUT2D eigenvalue weighted by Gasteiger charge is -2.10. The van der Waals surface area contributed by atoms with E-state index < -0.39 is 0 Å². The van der Waals surface area contributed by atoms with Crippen LogP contribution < -0.4 is 10.1 Å². The third-order valence-corrected chi connectivity index (χ3v) is 5.07. The fourth-order valence-electron chi connectivity index (χ4n) is 3.50. The summed E-state index contributed by atoms with van der Waals surface area (Å²) < 4.78 is 5.72. The number of rotatable bonds is 5. The quantitative estimate of drug-likeness (QED) is 0.501. The van der Waals surface area contributed by atoms with Gasteiger partial charge >= 0.3 is 0 Å². The third kappa shape index (κ3) is 4.23. The smallest absolute Gasteiger partial charge is 0.253 e. The van der Waals surface area contributed by atoms with E-state index in [1.165, 1.54) is 0 Å². The highest BCUT2D eigenvalue weighted by Crippen LogP contribution is 2.25. The number of aromatic amines is 1. The van der Waals surface area contributed by atoms with Crippen LogP contribution >= 0.6 is 0 Å². The molecular weight excluding hydrogens is 388 g/mol. The zero-order valence-corrected chi connectivity index (χ0v) is 16.7. The van der Waals surface area contributed by atoms with Gasteiger partial charge in [-0.05, 0) is 48.0 Å². The Labute approximate surface area is 179 Å². The van der Waals surface area contributed by atoms with Crippen molar-refractivity contribution >= 4 is 18.1 Å². The van der Waals surface area contributed by atoms with Crippen LogP contribution in [-0.4, -0.2) is 27.4 Å². The van der Waals surface area contributed by atoms with Crippen LogP contribution in [0.5, 0.6) is 11.6 Å². The topological polar surface area (TPSA) is 79.9 Å². The van der Waals surface area contributed by atoms with Crippen LogP contribution in [0.3, 0.4) is 0 Å². The van der Waals surface area contributed by atoms with Crippen molar-refractivity contribution in [3.05, 3.63) is 95.6 Å². The Morgan fingerprint density at radius 2 is 1.87 bits per heavy atom. The average molecular weight is 408 g/mol. The van der Waals surface area contributed by atoms with Crippen molar-refractivity contribution in [2.45, 2.75) is 6.42 Å². The highest BCUT2D eigenvalue weighted by atomic mass is 16.5. The first-order valence-corrected chi connectivity index (χ1v) is 10.1. The average Bonchev–Trinajstić information content (AvgIpc) is 3.26. The maximum atomic E-state index is 12.0. The molecule has 31 heavy (non-hydrogen) atoms. The predicted octanol–water partition coefficient (Wildman–Crippen LogP) is 4.72. The summed E-state index contributed by atoms with van der Waals surface area (Å²) in [6, 6.07) is 19.2. The number of H-pyrrole nitrogens is 1. The number of benzene rings is 1. The maximum absolute atomic E-state index is 12.0. The molecular formula is C25H20N4O2. The van der Waals surface area contributed by atoms with E-state index in [0.717, 1.165) is 45.9 Å². The molecule has 0 radical (unpaired) electrons. The van der Waals surface area contributed by atoms with Gasteiger partial charge in [0.15, 0.2) is 0 Å². The van der Waals surface area contributed by atoms with Crippen LogP contribution in [0.1, 0.15) is 27.3 Å². The lowest BCUT2D eigenvalue weighted by molar-refractivity contribution is 0.0946. The second kappa shape index (κ2) is 8.28. The minimum atomic E-state index is -0.0230. The Morgan fingerprint density at radius 3 is 2.68 bits per heavy atom. The minimum absolute atomic E-state index is 0.0230. The number of hydrogen-bond donors (Lipinski definition) is 2. The van der Waals surface area contributed by atoms with Crippen molar-refractivity contribution < 1.29 is 9.53 Å². The van der Waals surface area contributed by atoms with Gasteiger partial charge in [-0.25, -0.2) is 4.98 Å². The summed E-state index contributed by atoms with van der Waals surface area (Å²) in [5.41, 5.74) is 5.37. The normalized spacial score (nSPS) is 13.1. The number of amides is 1. The molecule has 4 heterocycles. The van der Waals surface area contributed by atoms with Crippen molar-refractivity contribution in [1.29, 1.82) is 0 Å². The monoisotopic (exact) mass is 408 g/mol. The molecule has 1 amide bonds. The fourth-order valence-corrected chi connectivity index (χ4v) is 3.50. The lowest BCUT2D eigenvalue weighted by Crippen LogP contribution is -2.31. The molecule has 2 N–H and O–H groups in total. The Hall–Kier alpha value is -4.19. The molecule has 1 aromatic carbocycles. The number of pyridine rings is 2. The molecule has 3 aromatic heterocycles. The van der Waals surface area contributed by atoms with Gasteiger partial charge < -0.3 is 15.0 Å². The summed E-state index contributed by atoms with van der Waals surface area (Å²) in [7, 11) is 0. The maximum Gasteiger partial charge on any atom is 0.253 e. The molecule has 6 nitrogen and oxygen atoms in total. The first kappa shape index (κ1) is 18.8. The van der Waals surface area contributed by atoms with Crippen LogP contribution in [0.2, 0.25) is 0 Å². The summed E-state index contributed by atoms with van der Waals surface area (Å²) >= 11 is 0. The van der Waals surface area contributed by atoms with Gasteiger partial charge in [0.1, 0.15) is 5.75 Å². The largest absolute Gasteiger partial charge is 0.439 e. The fraction of sp³-hybridized carbons (Fsp3) is 0.0800. The van der Waals surface area contributed by atoms with E-state index in [2.05, 4.69) is 20.3 Å². The van der Waals surface area contributed by atoms with Gasteiger partial charge in [-0.1, -0.05) is 24.3 Å². The Kier molecular flexibility index (Phi) is 5.02. The van der Waals surface area contributed by atoms with Crippen LogP contribution in [0.25, 0.3) is 23.4 Å². The standard InChI is InChI=1S/C25H20N4O2/c30-25-21-15-23(29-22(21)11-13-27-25)18-10-12-26-19(14-18)8-6-17-7-9-24(28-16-17)31-20-4-2-1-3-5-20/h1-10,12,14-16,29H,11,13H2,(H,27,30)/b8-6+. The van der Waals surface area contributed by atoms with Crippen LogP contribution in [0, 0.1) is 0 Å². The number of aromatic nitrogens is 3. The molecule has 4 aromatic rings. The van der Waals surface area contributed by atoms with Gasteiger partial charge in [0, 0.05) is 48.4 Å². The highest BCUT2D eigenvalue weighted by Gasteiger charge is 2.19. The Bertz CT molecular complexity index is 1240. The molecule has 0 unspecified atom stereocenters. The first-order valence-electron chi connectivity index (χ1n) is 10.1. The van der Waals surface area contributed by atoms with Crippen molar-refractivity contribution in [3.8, 4) is 22.9 Å². The van der Waals surface area contributed by atoms with Crippen LogP contribution in [0.4, 0.5) is 0 Å². The van der Waals surface area contributed by atoms with E-state index in [1.54, 1.807) is 12.4 Å². The van der Waals surface area contributed by atoms with E-state index >= 15 is 0 Å². The molecule has 0 saturated heterocycles. The van der Waals surface area contributed by atoms with Gasteiger partial charge in [0.25, 0.3) is 5.91 Å². The van der Waals surface area contributed by atoms with Crippen molar-refractivity contribution in [3.63, 3.8) is 0 Å². The van der Waals surface area contributed by atoms with Gasteiger partial charge in [0.05, 0.1) is 11.3 Å². The highest BCUT2D eigenvalue weighted by molar-refractivity contribution is 5.97. The summed E-state index contributed by atoms with van der Waals surface area (Å²) in [5, 5.41) is 2.87. The zero-order chi connectivity index (χ0) is 21.0. The number of fused-ring (bicyclic) bond motifs is 1. The number of carbonyl (C=O) groups is 1. The predicted molar refractivity (Wildman–Crippen MR) is 120 cm³/mol. The minimum Gasteiger partial charge on any atom is -0.439 e. The number of para-hydroxylation sites is 1. The molecule has 0 atom stereocenters. The summed E-state index contributed by atoms with van der Waals surface area (Å²) in [6.45, 7) is 0.666. The Morgan fingerprint density at radius 1 is 0.968 bits per heavy atom. The van der Waals surface area contributed by atoms with E-state index in [1.807, 2.05) is 72.8 Å². The number of carbonyl (C=O) groups excluding carboxylic acids is 1. The molecule has 0 saturated carbocycles. The van der Waals surface area contributed by atoms with E-state index in [-0.39, 0.29) is 5.91 Å². The van der Waals surface area contributed by atoms with Gasteiger partial charge in [-0.15, -0.1) is 0 Å². The number of nitrogens with zero attached hydrogens (tertiary/aromatic N) is 2.